The van der Waals surface area contributed by atoms with Crippen molar-refractivity contribution >= 4 is 0 Å². The lowest BCUT2D eigenvalue weighted by molar-refractivity contribution is 0.156. The van der Waals surface area contributed by atoms with Crippen molar-refractivity contribution in [2.45, 2.75) is 77.0 Å². The molecule has 2 aliphatic carbocycles. The Balaban J connectivity index is 1.48. The SMILES string of the molecule is CCCC1CCC(C2CCC(c3ccc(C#CF)cc3)CC2)CC1. The molecular formula is C23H31F. The van der Waals surface area contributed by atoms with Gasteiger partial charge >= 0.3 is 0 Å². The molecule has 0 nitrogen and oxygen atoms in total. The van der Waals surface area contributed by atoms with Gasteiger partial charge in [0, 0.05) is 5.56 Å². The van der Waals surface area contributed by atoms with Crippen molar-refractivity contribution in [2.24, 2.45) is 17.8 Å². The van der Waals surface area contributed by atoms with Gasteiger partial charge in [-0.15, -0.1) is 4.39 Å². The first-order chi connectivity index (χ1) is 11.8. The fraction of sp³-hybridized carbons (Fsp3) is 0.652. The van der Waals surface area contributed by atoms with E-state index in [1.807, 2.05) is 12.1 Å². The van der Waals surface area contributed by atoms with Crippen LogP contribution in [-0.2, 0) is 0 Å². The molecule has 0 saturated heterocycles. The van der Waals surface area contributed by atoms with Gasteiger partial charge < -0.3 is 0 Å². The highest BCUT2D eigenvalue weighted by Gasteiger charge is 2.30. The Morgan fingerprint density at radius 2 is 1.46 bits per heavy atom. The molecule has 3 rings (SSSR count). The first-order valence-electron chi connectivity index (χ1n) is 10.0. The van der Waals surface area contributed by atoms with Crippen molar-refractivity contribution in [3.63, 3.8) is 0 Å². The standard InChI is InChI=1S/C23H31F/c1-2-3-18-4-8-20(9-5-18)22-12-14-23(15-13-22)21-10-6-19(7-11-21)16-17-24/h6-7,10-11,18,20,22-23H,2-5,8-9,12-15H2,1H3. The fourth-order valence-electron chi connectivity index (χ4n) is 5.17. The highest BCUT2D eigenvalue weighted by Crippen LogP contribution is 2.44. The maximum absolute atomic E-state index is 12.1. The minimum atomic E-state index is 0.699. The molecule has 0 spiro atoms. The molecule has 0 bridgehead atoms. The Morgan fingerprint density at radius 1 is 0.875 bits per heavy atom. The molecule has 2 aliphatic rings. The summed E-state index contributed by atoms with van der Waals surface area (Å²) in [6.45, 7) is 2.32. The van der Waals surface area contributed by atoms with Crippen LogP contribution in [0.4, 0.5) is 4.39 Å². The smallest absolute Gasteiger partial charge is 0.111 e. The van der Waals surface area contributed by atoms with E-state index >= 15 is 0 Å². The van der Waals surface area contributed by atoms with Crippen molar-refractivity contribution < 1.29 is 4.39 Å². The second kappa shape index (κ2) is 8.70. The van der Waals surface area contributed by atoms with E-state index in [2.05, 4.69) is 25.0 Å². The summed E-state index contributed by atoms with van der Waals surface area (Å²) < 4.78 is 12.1. The highest BCUT2D eigenvalue weighted by molar-refractivity contribution is 5.36. The molecule has 2 saturated carbocycles. The molecule has 0 N–H and O–H groups in total. The predicted octanol–water partition coefficient (Wildman–Crippen LogP) is 6.85. The fourth-order valence-corrected chi connectivity index (χ4v) is 5.17. The topological polar surface area (TPSA) is 0 Å². The van der Waals surface area contributed by atoms with E-state index in [0.29, 0.717) is 5.92 Å². The summed E-state index contributed by atoms with van der Waals surface area (Å²) in [6.07, 6.45) is 15.7. The average Bonchev–Trinajstić information content (AvgIpc) is 2.64. The monoisotopic (exact) mass is 326 g/mol. The van der Waals surface area contributed by atoms with Gasteiger partial charge in [-0.25, -0.2) is 0 Å². The Bertz CT molecular complexity index is 546. The maximum Gasteiger partial charge on any atom is 0.111 e. The van der Waals surface area contributed by atoms with Crippen LogP contribution in [0.15, 0.2) is 24.3 Å². The Labute approximate surface area is 147 Å². The molecule has 1 aromatic carbocycles. The van der Waals surface area contributed by atoms with Crippen LogP contribution in [0.1, 0.15) is 88.2 Å². The summed E-state index contributed by atoms with van der Waals surface area (Å²) in [5.41, 5.74) is 2.20. The Hall–Kier alpha value is -1.29. The average molecular weight is 326 g/mol. The number of halogens is 1. The quantitative estimate of drug-likeness (QED) is 0.531. The van der Waals surface area contributed by atoms with Gasteiger partial charge in [0.1, 0.15) is 6.17 Å². The van der Waals surface area contributed by atoms with E-state index in [9.17, 15) is 4.39 Å². The van der Waals surface area contributed by atoms with Crippen LogP contribution >= 0.6 is 0 Å². The third-order valence-corrected chi connectivity index (χ3v) is 6.60. The molecule has 1 aromatic rings. The van der Waals surface area contributed by atoms with Gasteiger partial charge in [-0.05, 0) is 85.8 Å². The number of benzene rings is 1. The van der Waals surface area contributed by atoms with E-state index in [1.165, 1.54) is 75.9 Å². The van der Waals surface area contributed by atoms with Crippen molar-refractivity contribution in [2.75, 3.05) is 0 Å². The minimum absolute atomic E-state index is 0.699. The molecule has 24 heavy (non-hydrogen) atoms. The first-order valence-corrected chi connectivity index (χ1v) is 10.0. The van der Waals surface area contributed by atoms with Crippen molar-refractivity contribution in [1.82, 2.24) is 0 Å². The van der Waals surface area contributed by atoms with Crippen molar-refractivity contribution in [3.8, 4) is 12.1 Å². The summed E-state index contributed by atoms with van der Waals surface area (Å²) in [5, 5.41) is 0. The third kappa shape index (κ3) is 4.41. The molecule has 0 aromatic heterocycles. The number of hydrogen-bond acceptors (Lipinski definition) is 0. The molecule has 1 heteroatoms. The second-order valence-electron chi connectivity index (χ2n) is 8.02. The van der Waals surface area contributed by atoms with Gasteiger partial charge in [-0.1, -0.05) is 44.7 Å². The molecular weight excluding hydrogens is 295 g/mol. The largest absolute Gasteiger partial charge is 0.144 e. The van der Waals surface area contributed by atoms with Gasteiger partial charge in [-0.3, -0.25) is 0 Å². The summed E-state index contributed by atoms with van der Waals surface area (Å²) in [7, 11) is 0. The van der Waals surface area contributed by atoms with Crippen LogP contribution < -0.4 is 0 Å². The summed E-state index contributed by atoms with van der Waals surface area (Å²) >= 11 is 0. The van der Waals surface area contributed by atoms with Crippen LogP contribution in [0, 0.1) is 29.8 Å². The lowest BCUT2D eigenvalue weighted by Crippen LogP contribution is -2.25. The number of rotatable bonds is 4. The normalized spacial score (nSPS) is 30.4. The molecule has 2 fully saturated rings. The van der Waals surface area contributed by atoms with Crippen LogP contribution in [0.5, 0.6) is 0 Å². The third-order valence-electron chi connectivity index (χ3n) is 6.60. The van der Waals surface area contributed by atoms with E-state index in [0.717, 1.165) is 23.3 Å². The highest BCUT2D eigenvalue weighted by atomic mass is 19.1. The molecule has 0 atom stereocenters. The second-order valence-corrected chi connectivity index (χ2v) is 8.02. The van der Waals surface area contributed by atoms with E-state index < -0.39 is 0 Å². The summed E-state index contributed by atoms with van der Waals surface area (Å²) in [6, 6.07) is 8.23. The van der Waals surface area contributed by atoms with E-state index in [4.69, 9.17) is 0 Å². The van der Waals surface area contributed by atoms with Crippen LogP contribution in [0.2, 0.25) is 0 Å². The lowest BCUT2D eigenvalue weighted by Gasteiger charge is -2.38. The zero-order chi connectivity index (χ0) is 16.8. The van der Waals surface area contributed by atoms with Crippen LogP contribution in [0.25, 0.3) is 0 Å². The molecule has 130 valence electrons. The Kier molecular flexibility index (Phi) is 6.36. The molecule has 0 radical (unpaired) electrons. The zero-order valence-electron chi connectivity index (χ0n) is 15.1. The van der Waals surface area contributed by atoms with Gasteiger partial charge in [0.05, 0.1) is 0 Å². The lowest BCUT2D eigenvalue weighted by atomic mass is 9.68. The number of hydrogen-bond donors (Lipinski definition) is 0. The summed E-state index contributed by atoms with van der Waals surface area (Å²) in [5.74, 6) is 6.18. The predicted molar refractivity (Wildman–Crippen MR) is 99.5 cm³/mol. The van der Waals surface area contributed by atoms with E-state index in [1.54, 1.807) is 0 Å². The zero-order valence-corrected chi connectivity index (χ0v) is 15.1. The van der Waals surface area contributed by atoms with Gasteiger partial charge in [0.15, 0.2) is 0 Å². The summed E-state index contributed by atoms with van der Waals surface area (Å²) in [4.78, 5) is 0. The van der Waals surface area contributed by atoms with Crippen molar-refractivity contribution in [1.29, 1.82) is 0 Å². The van der Waals surface area contributed by atoms with Crippen LogP contribution in [-0.4, -0.2) is 0 Å². The Morgan fingerprint density at radius 3 is 2.00 bits per heavy atom. The molecule has 0 aliphatic heterocycles. The van der Waals surface area contributed by atoms with E-state index in [-0.39, 0.29) is 0 Å². The first kappa shape index (κ1) is 17.5. The van der Waals surface area contributed by atoms with Crippen LogP contribution in [0.3, 0.4) is 0 Å². The molecule has 0 unspecified atom stereocenters. The van der Waals surface area contributed by atoms with Gasteiger partial charge in [0.25, 0.3) is 0 Å². The van der Waals surface area contributed by atoms with Gasteiger partial charge in [0.2, 0.25) is 0 Å². The molecule has 0 amide bonds. The van der Waals surface area contributed by atoms with Crippen molar-refractivity contribution in [3.05, 3.63) is 35.4 Å². The minimum Gasteiger partial charge on any atom is -0.144 e. The molecule has 0 heterocycles. The maximum atomic E-state index is 12.1. The van der Waals surface area contributed by atoms with Gasteiger partial charge in [-0.2, -0.15) is 0 Å².